The molecule has 0 fully saturated rings. The van der Waals surface area contributed by atoms with Gasteiger partial charge in [0.05, 0.1) is 17.4 Å². The minimum Gasteiger partial charge on any atom is -0.397 e. The number of nitriles is 1. The summed E-state index contributed by atoms with van der Waals surface area (Å²) in [5.74, 6) is 1.25. The quantitative estimate of drug-likeness (QED) is 0.786. The molecule has 0 saturated heterocycles. The Morgan fingerprint density at radius 3 is 2.93 bits per heavy atom. The Labute approximate surface area is 90.1 Å². The third-order valence-corrected chi connectivity index (χ3v) is 2.04. The summed E-state index contributed by atoms with van der Waals surface area (Å²) in [6.07, 6.45) is 2.61. The molecule has 1 aromatic rings. The lowest BCUT2D eigenvalue weighted by Gasteiger charge is -2.08. The molecule has 0 aliphatic rings. The number of rotatable bonds is 4. The molecule has 80 valence electrons. The fraction of sp³-hybridized carbons (Fsp3) is 0.455. The first-order chi connectivity index (χ1) is 7.13. The summed E-state index contributed by atoms with van der Waals surface area (Å²) >= 11 is 0. The SMILES string of the molecule is CC(C)CCNc1ncc(N)cc1C#N. The van der Waals surface area contributed by atoms with E-state index in [0.29, 0.717) is 23.0 Å². The summed E-state index contributed by atoms with van der Waals surface area (Å²) < 4.78 is 0. The molecule has 0 unspecified atom stereocenters. The van der Waals surface area contributed by atoms with Crippen LogP contribution in [-0.4, -0.2) is 11.5 Å². The van der Waals surface area contributed by atoms with Crippen molar-refractivity contribution in [3.05, 3.63) is 17.8 Å². The second-order valence-electron chi connectivity index (χ2n) is 3.89. The molecule has 0 spiro atoms. The van der Waals surface area contributed by atoms with Gasteiger partial charge in [0.15, 0.2) is 0 Å². The zero-order valence-electron chi connectivity index (χ0n) is 9.12. The van der Waals surface area contributed by atoms with Crippen LogP contribution in [0.4, 0.5) is 11.5 Å². The van der Waals surface area contributed by atoms with Crippen LogP contribution in [-0.2, 0) is 0 Å². The maximum Gasteiger partial charge on any atom is 0.144 e. The van der Waals surface area contributed by atoms with Crippen LogP contribution in [0.1, 0.15) is 25.8 Å². The van der Waals surface area contributed by atoms with E-state index < -0.39 is 0 Å². The molecule has 0 aliphatic carbocycles. The highest BCUT2D eigenvalue weighted by atomic mass is 15.0. The number of aromatic nitrogens is 1. The standard InChI is InChI=1S/C11H16N4/c1-8(2)3-4-14-11-9(6-12)5-10(13)7-15-11/h5,7-8H,3-4,13H2,1-2H3,(H,14,15). The average molecular weight is 204 g/mol. The van der Waals surface area contributed by atoms with E-state index in [4.69, 9.17) is 11.0 Å². The molecule has 0 bridgehead atoms. The summed E-state index contributed by atoms with van der Waals surface area (Å²) in [4.78, 5) is 4.09. The van der Waals surface area contributed by atoms with Crippen molar-refractivity contribution in [3.63, 3.8) is 0 Å². The highest BCUT2D eigenvalue weighted by molar-refractivity contribution is 5.57. The Bertz CT molecular complexity index is 365. The van der Waals surface area contributed by atoms with E-state index in [1.807, 2.05) is 0 Å². The number of nitrogens with zero attached hydrogens (tertiary/aromatic N) is 2. The number of nitrogens with two attached hydrogens (primary N) is 1. The Morgan fingerprint density at radius 1 is 1.60 bits per heavy atom. The summed E-state index contributed by atoms with van der Waals surface area (Å²) in [5, 5.41) is 12.0. The molecule has 0 saturated carbocycles. The minimum absolute atomic E-state index is 0.499. The molecule has 1 rings (SSSR count). The van der Waals surface area contributed by atoms with Gasteiger partial charge in [0.25, 0.3) is 0 Å². The Hall–Kier alpha value is -1.76. The molecule has 3 N–H and O–H groups in total. The second-order valence-corrected chi connectivity index (χ2v) is 3.89. The zero-order chi connectivity index (χ0) is 11.3. The third-order valence-electron chi connectivity index (χ3n) is 2.04. The molecule has 0 amide bonds. The first-order valence-corrected chi connectivity index (χ1v) is 5.03. The first-order valence-electron chi connectivity index (χ1n) is 5.03. The van der Waals surface area contributed by atoms with Crippen LogP contribution in [0.2, 0.25) is 0 Å². The molecule has 0 atom stereocenters. The van der Waals surface area contributed by atoms with Gasteiger partial charge in [-0.25, -0.2) is 4.98 Å². The van der Waals surface area contributed by atoms with Crippen molar-refractivity contribution in [1.29, 1.82) is 5.26 Å². The summed E-state index contributed by atoms with van der Waals surface area (Å²) in [6, 6.07) is 3.70. The number of anilines is 2. The lowest BCUT2D eigenvalue weighted by Crippen LogP contribution is -2.08. The fourth-order valence-electron chi connectivity index (χ4n) is 1.19. The molecule has 4 heteroatoms. The van der Waals surface area contributed by atoms with Crippen LogP contribution in [0.15, 0.2) is 12.3 Å². The van der Waals surface area contributed by atoms with E-state index in [1.165, 1.54) is 0 Å². The topological polar surface area (TPSA) is 74.7 Å². The number of hydrogen-bond donors (Lipinski definition) is 2. The van der Waals surface area contributed by atoms with Crippen LogP contribution >= 0.6 is 0 Å². The third kappa shape index (κ3) is 3.47. The summed E-state index contributed by atoms with van der Waals surface area (Å²) in [5.41, 5.74) is 6.55. The van der Waals surface area contributed by atoms with Gasteiger partial charge < -0.3 is 11.1 Å². The van der Waals surface area contributed by atoms with E-state index in [2.05, 4.69) is 30.2 Å². The number of nitrogens with one attached hydrogen (secondary N) is 1. The van der Waals surface area contributed by atoms with E-state index in [0.717, 1.165) is 13.0 Å². The van der Waals surface area contributed by atoms with Gasteiger partial charge in [-0.15, -0.1) is 0 Å². The van der Waals surface area contributed by atoms with Crippen molar-refractivity contribution in [2.45, 2.75) is 20.3 Å². The highest BCUT2D eigenvalue weighted by Gasteiger charge is 2.03. The van der Waals surface area contributed by atoms with Crippen LogP contribution in [0.25, 0.3) is 0 Å². The maximum atomic E-state index is 8.87. The molecule has 1 aromatic heterocycles. The van der Waals surface area contributed by atoms with Gasteiger partial charge in [0.1, 0.15) is 11.9 Å². The number of hydrogen-bond acceptors (Lipinski definition) is 4. The highest BCUT2D eigenvalue weighted by Crippen LogP contribution is 2.14. The van der Waals surface area contributed by atoms with Crippen LogP contribution in [0.5, 0.6) is 0 Å². The predicted molar refractivity (Wildman–Crippen MR) is 61.3 cm³/mol. The monoisotopic (exact) mass is 204 g/mol. The first kappa shape index (κ1) is 11.3. The van der Waals surface area contributed by atoms with Crippen molar-refractivity contribution in [2.75, 3.05) is 17.6 Å². The Kier molecular flexibility index (Phi) is 3.92. The van der Waals surface area contributed by atoms with Gasteiger partial charge in [0.2, 0.25) is 0 Å². The number of nitrogen functional groups attached to an aromatic ring is 1. The lowest BCUT2D eigenvalue weighted by atomic mass is 10.1. The van der Waals surface area contributed by atoms with Crippen molar-refractivity contribution in [2.24, 2.45) is 5.92 Å². The Morgan fingerprint density at radius 2 is 2.33 bits per heavy atom. The molecule has 1 heterocycles. The summed E-state index contributed by atoms with van der Waals surface area (Å²) in [7, 11) is 0. The van der Waals surface area contributed by atoms with Crippen LogP contribution in [0.3, 0.4) is 0 Å². The van der Waals surface area contributed by atoms with E-state index in [1.54, 1.807) is 12.3 Å². The average Bonchev–Trinajstić information content (AvgIpc) is 2.19. The fourth-order valence-corrected chi connectivity index (χ4v) is 1.19. The van der Waals surface area contributed by atoms with E-state index in [9.17, 15) is 0 Å². The predicted octanol–water partition coefficient (Wildman–Crippen LogP) is 1.99. The number of pyridine rings is 1. The van der Waals surface area contributed by atoms with Crippen molar-refractivity contribution in [1.82, 2.24) is 4.98 Å². The molecule has 4 nitrogen and oxygen atoms in total. The van der Waals surface area contributed by atoms with Crippen LogP contribution < -0.4 is 11.1 Å². The minimum atomic E-state index is 0.499. The van der Waals surface area contributed by atoms with Crippen molar-refractivity contribution < 1.29 is 0 Å². The van der Waals surface area contributed by atoms with Crippen molar-refractivity contribution >= 4 is 11.5 Å². The summed E-state index contributed by atoms with van der Waals surface area (Å²) in [6.45, 7) is 5.13. The largest absolute Gasteiger partial charge is 0.397 e. The van der Waals surface area contributed by atoms with Gasteiger partial charge in [-0.2, -0.15) is 5.26 Å². The molecule has 0 aromatic carbocycles. The maximum absolute atomic E-state index is 8.87. The normalized spacial score (nSPS) is 10.0. The van der Waals surface area contributed by atoms with Gasteiger partial charge in [-0.3, -0.25) is 0 Å². The smallest absolute Gasteiger partial charge is 0.144 e. The lowest BCUT2D eigenvalue weighted by molar-refractivity contribution is 0.606. The molecule has 15 heavy (non-hydrogen) atoms. The molecular weight excluding hydrogens is 188 g/mol. The van der Waals surface area contributed by atoms with E-state index in [-0.39, 0.29) is 0 Å². The molecule has 0 radical (unpaired) electrons. The zero-order valence-corrected chi connectivity index (χ0v) is 9.12. The second kappa shape index (κ2) is 5.20. The Balaban J connectivity index is 2.65. The van der Waals surface area contributed by atoms with Gasteiger partial charge in [-0.05, 0) is 18.4 Å². The van der Waals surface area contributed by atoms with Crippen molar-refractivity contribution in [3.8, 4) is 6.07 Å². The van der Waals surface area contributed by atoms with E-state index >= 15 is 0 Å². The van der Waals surface area contributed by atoms with Crippen LogP contribution in [0, 0.1) is 17.2 Å². The van der Waals surface area contributed by atoms with Gasteiger partial charge >= 0.3 is 0 Å². The molecule has 0 aliphatic heterocycles. The van der Waals surface area contributed by atoms with Gasteiger partial charge in [-0.1, -0.05) is 13.8 Å². The van der Waals surface area contributed by atoms with Gasteiger partial charge in [0, 0.05) is 6.54 Å². The molecular formula is C11H16N4.